The van der Waals surface area contributed by atoms with E-state index in [1.54, 1.807) is 6.92 Å². The third kappa shape index (κ3) is 4.33. The number of hydrogen-bond acceptors (Lipinski definition) is 4. The maximum absolute atomic E-state index is 4.85. The van der Waals surface area contributed by atoms with Crippen LogP contribution in [-0.4, -0.2) is 17.7 Å². The average Bonchev–Trinajstić information content (AvgIpc) is 1.68. The lowest BCUT2D eigenvalue weighted by Gasteiger charge is -1.97. The summed E-state index contributed by atoms with van der Waals surface area (Å²) in [4.78, 5) is 3.82. The van der Waals surface area contributed by atoms with Gasteiger partial charge in [-0.05, 0) is 0 Å². The third-order valence-corrected chi connectivity index (χ3v) is 0.837. The molecule has 0 aromatic rings. The summed E-state index contributed by atoms with van der Waals surface area (Å²) in [6, 6.07) is 0. The fraction of sp³-hybridized carbons (Fsp3) is 0.750. The molecule has 48 valence electrons. The third-order valence-electron chi connectivity index (χ3n) is 0.567. The van der Waals surface area contributed by atoms with Gasteiger partial charge in [0, 0.05) is 6.92 Å². The van der Waals surface area contributed by atoms with E-state index in [-0.39, 0.29) is 0 Å². The van der Waals surface area contributed by atoms with Crippen LogP contribution in [0.4, 0.5) is 0 Å². The van der Waals surface area contributed by atoms with Crippen LogP contribution in [0, 0.1) is 0 Å². The Hall–Kier alpha value is 0.170. The molecule has 0 bridgehead atoms. The zero-order chi connectivity index (χ0) is 6.41. The van der Waals surface area contributed by atoms with Crippen molar-refractivity contribution in [2.75, 3.05) is 11.8 Å². The minimum Gasteiger partial charge on any atom is -0.471 e. The molecule has 0 amide bonds. The van der Waals surface area contributed by atoms with Crippen LogP contribution in [0.5, 0.6) is 0 Å². The van der Waals surface area contributed by atoms with Crippen LogP contribution in [0.2, 0.25) is 0 Å². The smallest absolute Gasteiger partial charge is 0.181 e. The second kappa shape index (κ2) is 5.31. The Kier molecular flexibility index (Phi) is 5.42. The number of thiol groups is 2. The Balaban J connectivity index is 3.29. The lowest BCUT2D eigenvalue weighted by Crippen LogP contribution is -1.96. The van der Waals surface area contributed by atoms with Gasteiger partial charge in [0.1, 0.15) is 5.94 Å². The van der Waals surface area contributed by atoms with E-state index in [9.17, 15) is 0 Å². The molecular formula is C4H9NOS2. The largest absolute Gasteiger partial charge is 0.471 e. The van der Waals surface area contributed by atoms with Crippen LogP contribution in [-0.2, 0) is 4.74 Å². The summed E-state index contributed by atoms with van der Waals surface area (Å²) in [5.41, 5.74) is 0. The summed E-state index contributed by atoms with van der Waals surface area (Å²) in [7, 11) is 0. The van der Waals surface area contributed by atoms with E-state index >= 15 is 0 Å². The minimum absolute atomic E-state index is 0.378. The molecular weight excluding hydrogens is 142 g/mol. The predicted molar refractivity (Wildman–Crippen MR) is 41.9 cm³/mol. The molecule has 0 aromatic carbocycles. The molecule has 2 nitrogen and oxygen atoms in total. The molecule has 0 heterocycles. The molecule has 0 rings (SSSR count). The molecule has 0 unspecified atom stereocenters. The van der Waals surface area contributed by atoms with Gasteiger partial charge in [-0.3, -0.25) is 0 Å². The highest BCUT2D eigenvalue weighted by Crippen LogP contribution is 1.85. The van der Waals surface area contributed by atoms with Crippen LogP contribution in [0.25, 0.3) is 0 Å². The number of aliphatic imine (C=N–C) groups is 1. The maximum Gasteiger partial charge on any atom is 0.181 e. The van der Waals surface area contributed by atoms with E-state index in [0.29, 0.717) is 17.7 Å². The summed E-state index contributed by atoms with van der Waals surface area (Å²) in [6.45, 7) is 1.77. The van der Waals surface area contributed by atoms with Gasteiger partial charge in [-0.1, -0.05) is 0 Å². The molecule has 0 atom stereocenters. The molecule has 0 saturated heterocycles. The first-order chi connectivity index (χ1) is 3.81. The number of ether oxygens (including phenoxy) is 1. The van der Waals surface area contributed by atoms with E-state index in [2.05, 4.69) is 30.2 Å². The molecule has 0 aliphatic heterocycles. The van der Waals surface area contributed by atoms with E-state index < -0.39 is 0 Å². The Bertz CT molecular complexity index is 84.1. The van der Waals surface area contributed by atoms with E-state index in [1.807, 2.05) is 0 Å². The first-order valence-corrected chi connectivity index (χ1v) is 3.43. The van der Waals surface area contributed by atoms with Crippen LogP contribution < -0.4 is 0 Å². The average molecular weight is 151 g/mol. The van der Waals surface area contributed by atoms with Gasteiger partial charge < -0.3 is 4.74 Å². The summed E-state index contributed by atoms with van der Waals surface area (Å²) >= 11 is 7.69. The highest BCUT2D eigenvalue weighted by atomic mass is 32.1. The highest BCUT2D eigenvalue weighted by molar-refractivity contribution is 7.80. The van der Waals surface area contributed by atoms with Crippen molar-refractivity contribution in [3.8, 4) is 0 Å². The van der Waals surface area contributed by atoms with Crippen molar-refractivity contribution in [3.63, 3.8) is 0 Å². The summed E-state index contributed by atoms with van der Waals surface area (Å²) < 4.78 is 4.85. The second-order valence-corrected chi connectivity index (χ2v) is 1.63. The zero-order valence-corrected chi connectivity index (χ0v) is 6.45. The van der Waals surface area contributed by atoms with Gasteiger partial charge in [0.25, 0.3) is 0 Å². The van der Waals surface area contributed by atoms with Gasteiger partial charge in [-0.2, -0.15) is 12.6 Å². The van der Waals surface area contributed by atoms with Crippen LogP contribution in [0.15, 0.2) is 4.99 Å². The van der Waals surface area contributed by atoms with Gasteiger partial charge in [0.15, 0.2) is 5.90 Å². The van der Waals surface area contributed by atoms with Crippen molar-refractivity contribution in [1.29, 1.82) is 0 Å². The Morgan fingerprint density at radius 3 is 2.62 bits per heavy atom. The molecule has 0 aromatic heterocycles. The van der Waals surface area contributed by atoms with Gasteiger partial charge in [0.05, 0.1) is 5.88 Å². The molecule has 0 spiro atoms. The normalized spacial score (nSPS) is 11.6. The van der Waals surface area contributed by atoms with Crippen molar-refractivity contribution < 1.29 is 4.74 Å². The molecule has 0 saturated carbocycles. The topological polar surface area (TPSA) is 21.6 Å². The molecule has 0 N–H and O–H groups in total. The lowest BCUT2D eigenvalue weighted by molar-refractivity contribution is 0.378. The van der Waals surface area contributed by atoms with Gasteiger partial charge >= 0.3 is 0 Å². The number of hydrogen-bond donors (Lipinski definition) is 2. The fourth-order valence-electron chi connectivity index (χ4n) is 0.239. The van der Waals surface area contributed by atoms with Crippen LogP contribution in [0.1, 0.15) is 6.92 Å². The fourth-order valence-corrected chi connectivity index (χ4v) is 0.625. The van der Waals surface area contributed by atoms with Crippen LogP contribution in [0.3, 0.4) is 0 Å². The minimum atomic E-state index is 0.378. The van der Waals surface area contributed by atoms with Crippen molar-refractivity contribution >= 4 is 31.2 Å². The van der Waals surface area contributed by atoms with Gasteiger partial charge in [-0.15, -0.1) is 12.6 Å². The summed E-state index contributed by atoms with van der Waals surface area (Å²) in [5.74, 6) is 1.48. The van der Waals surface area contributed by atoms with Crippen molar-refractivity contribution in [2.45, 2.75) is 6.92 Å². The number of rotatable bonds is 2. The maximum atomic E-state index is 4.85. The lowest BCUT2D eigenvalue weighted by atomic mass is 10.8. The standard InChI is InChI=1S/C4H9NOS2/c1-4(5-2-7)6-3-8/h7-8H,2-3H2,1H3/b5-4-. The number of nitrogens with zero attached hydrogens (tertiary/aromatic N) is 1. The second-order valence-electron chi connectivity index (χ2n) is 1.09. The molecule has 4 heteroatoms. The molecule has 8 heavy (non-hydrogen) atoms. The van der Waals surface area contributed by atoms with E-state index in [4.69, 9.17) is 4.74 Å². The SMILES string of the molecule is C/C(=N/CS)OCS. The highest BCUT2D eigenvalue weighted by Gasteiger charge is 1.83. The first-order valence-electron chi connectivity index (χ1n) is 2.17. The quantitative estimate of drug-likeness (QED) is 0.263. The van der Waals surface area contributed by atoms with Crippen LogP contribution >= 0.6 is 25.3 Å². The van der Waals surface area contributed by atoms with Crippen molar-refractivity contribution in [3.05, 3.63) is 0 Å². The molecule has 0 aliphatic rings. The van der Waals surface area contributed by atoms with Gasteiger partial charge in [0.2, 0.25) is 0 Å². The zero-order valence-electron chi connectivity index (χ0n) is 4.66. The van der Waals surface area contributed by atoms with E-state index in [1.165, 1.54) is 0 Å². The Morgan fingerprint density at radius 2 is 2.25 bits per heavy atom. The molecule has 0 radical (unpaired) electrons. The molecule has 0 aliphatic carbocycles. The first kappa shape index (κ1) is 8.17. The van der Waals surface area contributed by atoms with E-state index in [0.717, 1.165) is 0 Å². The summed E-state index contributed by atoms with van der Waals surface area (Å²) in [5, 5.41) is 0. The Morgan fingerprint density at radius 1 is 1.62 bits per heavy atom. The monoisotopic (exact) mass is 151 g/mol. The van der Waals surface area contributed by atoms with Gasteiger partial charge in [-0.25, -0.2) is 4.99 Å². The summed E-state index contributed by atoms with van der Waals surface area (Å²) in [6.07, 6.45) is 0. The predicted octanol–water partition coefficient (Wildman–Crippen LogP) is 1.20. The molecule has 0 fully saturated rings. The van der Waals surface area contributed by atoms with Crippen molar-refractivity contribution in [1.82, 2.24) is 0 Å². The van der Waals surface area contributed by atoms with Crippen molar-refractivity contribution in [2.24, 2.45) is 4.99 Å². The Labute approximate surface area is 60.2 Å².